The minimum atomic E-state index is -1.06. The Labute approximate surface area is 173 Å². The number of esters is 1. The number of allylic oxidation sites excluding steroid dienone is 1. The van der Waals surface area contributed by atoms with Crippen LogP contribution in [-0.4, -0.2) is 50.2 Å². The number of imidazole rings is 1. The van der Waals surface area contributed by atoms with Gasteiger partial charge in [-0.25, -0.2) is 4.98 Å². The number of nitrogens with zero attached hydrogens (tertiary/aromatic N) is 2. The van der Waals surface area contributed by atoms with Gasteiger partial charge in [-0.2, -0.15) is 0 Å². The Morgan fingerprint density at radius 2 is 1.97 bits per heavy atom. The Balaban J connectivity index is 2.67. The lowest BCUT2D eigenvalue weighted by Gasteiger charge is -2.14. The molecule has 1 aromatic heterocycles. The number of hydrogen-bond acceptors (Lipinski definition) is 6. The van der Waals surface area contributed by atoms with Crippen LogP contribution in [0.15, 0.2) is 18.2 Å². The zero-order chi connectivity index (χ0) is 21.8. The molecule has 0 amide bonds. The van der Waals surface area contributed by atoms with Crippen LogP contribution in [0.1, 0.15) is 75.2 Å². The summed E-state index contributed by atoms with van der Waals surface area (Å²) >= 11 is 0. The Kier molecular flexibility index (Phi) is 11.5. The van der Waals surface area contributed by atoms with Crippen molar-refractivity contribution >= 4 is 12.0 Å². The zero-order valence-electron chi connectivity index (χ0n) is 18.0. The van der Waals surface area contributed by atoms with Crippen molar-refractivity contribution in [1.29, 1.82) is 0 Å². The largest absolute Gasteiger partial charge is 0.469 e. The van der Waals surface area contributed by atoms with Crippen molar-refractivity contribution in [2.75, 3.05) is 7.11 Å². The van der Waals surface area contributed by atoms with E-state index in [0.717, 1.165) is 30.8 Å². The van der Waals surface area contributed by atoms with Gasteiger partial charge in [-0.1, -0.05) is 44.4 Å². The van der Waals surface area contributed by atoms with Gasteiger partial charge in [-0.3, -0.25) is 4.79 Å². The van der Waals surface area contributed by atoms with E-state index in [1.165, 1.54) is 13.2 Å². The molecule has 7 nitrogen and oxygen atoms in total. The molecule has 1 heterocycles. The third-order valence-corrected chi connectivity index (χ3v) is 4.92. The van der Waals surface area contributed by atoms with E-state index in [-0.39, 0.29) is 18.8 Å². The SMILES string of the molecule is CCCCC[C@H](O)c1c(/C=C/[C@@H](O)[C@@H](O)C/C=C\CCC(=O)OC)nc(C)n1C. The molecule has 29 heavy (non-hydrogen) atoms. The second kappa shape index (κ2) is 13.3. The van der Waals surface area contributed by atoms with E-state index in [1.54, 1.807) is 18.2 Å². The Hall–Kier alpha value is -1.96. The van der Waals surface area contributed by atoms with Gasteiger partial charge in [0.25, 0.3) is 0 Å². The first-order valence-electron chi connectivity index (χ1n) is 10.3. The van der Waals surface area contributed by atoms with Crippen molar-refractivity contribution in [2.24, 2.45) is 7.05 Å². The molecular formula is C22H36N2O5. The van der Waals surface area contributed by atoms with Crippen molar-refractivity contribution in [1.82, 2.24) is 9.55 Å². The Morgan fingerprint density at radius 1 is 1.24 bits per heavy atom. The third kappa shape index (κ3) is 8.51. The predicted molar refractivity (Wildman–Crippen MR) is 113 cm³/mol. The van der Waals surface area contributed by atoms with E-state index in [1.807, 2.05) is 18.5 Å². The van der Waals surface area contributed by atoms with Crippen LogP contribution in [0.2, 0.25) is 0 Å². The lowest BCUT2D eigenvalue weighted by atomic mass is 10.0. The lowest BCUT2D eigenvalue weighted by molar-refractivity contribution is -0.140. The van der Waals surface area contributed by atoms with Crippen LogP contribution >= 0.6 is 0 Å². The molecule has 0 aliphatic carbocycles. The summed E-state index contributed by atoms with van der Waals surface area (Å²) in [5.74, 6) is 0.495. The maximum absolute atomic E-state index is 11.0. The zero-order valence-corrected chi connectivity index (χ0v) is 18.0. The monoisotopic (exact) mass is 408 g/mol. The number of aliphatic hydroxyl groups excluding tert-OH is 3. The predicted octanol–water partition coefficient (Wildman–Crippen LogP) is 2.98. The van der Waals surface area contributed by atoms with Gasteiger partial charge in [0.2, 0.25) is 0 Å². The number of ether oxygens (including phenoxy) is 1. The Morgan fingerprint density at radius 3 is 2.62 bits per heavy atom. The highest BCUT2D eigenvalue weighted by Gasteiger charge is 2.19. The highest BCUT2D eigenvalue weighted by Crippen LogP contribution is 2.25. The number of carbonyl (C=O) groups excluding carboxylic acids is 1. The van der Waals surface area contributed by atoms with Crippen LogP contribution in [0.5, 0.6) is 0 Å². The second-order valence-electron chi connectivity index (χ2n) is 7.24. The van der Waals surface area contributed by atoms with Crippen LogP contribution in [0.4, 0.5) is 0 Å². The normalized spacial score (nSPS) is 15.1. The van der Waals surface area contributed by atoms with Crippen LogP contribution in [-0.2, 0) is 16.6 Å². The highest BCUT2D eigenvalue weighted by molar-refractivity contribution is 5.69. The molecule has 0 unspecified atom stereocenters. The maximum Gasteiger partial charge on any atom is 0.305 e. The van der Waals surface area contributed by atoms with E-state index < -0.39 is 18.3 Å². The summed E-state index contributed by atoms with van der Waals surface area (Å²) in [6, 6.07) is 0. The summed E-state index contributed by atoms with van der Waals surface area (Å²) in [5, 5.41) is 30.9. The summed E-state index contributed by atoms with van der Waals surface area (Å²) in [5.41, 5.74) is 1.33. The smallest absolute Gasteiger partial charge is 0.305 e. The van der Waals surface area contributed by atoms with E-state index in [9.17, 15) is 20.1 Å². The average molecular weight is 409 g/mol. The molecular weight excluding hydrogens is 372 g/mol. The quantitative estimate of drug-likeness (QED) is 0.263. The van der Waals surface area contributed by atoms with Crippen molar-refractivity contribution in [3.05, 3.63) is 35.4 Å². The van der Waals surface area contributed by atoms with E-state index in [2.05, 4.69) is 16.6 Å². The molecule has 0 aliphatic rings. The summed E-state index contributed by atoms with van der Waals surface area (Å²) in [6.07, 6.45) is 8.85. The van der Waals surface area contributed by atoms with Crippen molar-refractivity contribution < 1.29 is 24.9 Å². The molecule has 0 spiro atoms. The van der Waals surface area contributed by atoms with Crippen LogP contribution in [0, 0.1) is 6.92 Å². The summed E-state index contributed by atoms with van der Waals surface area (Å²) in [7, 11) is 3.21. The first-order valence-corrected chi connectivity index (χ1v) is 10.3. The van der Waals surface area contributed by atoms with Gasteiger partial charge in [0.05, 0.1) is 36.8 Å². The number of hydrogen-bond donors (Lipinski definition) is 3. The second-order valence-corrected chi connectivity index (χ2v) is 7.24. The van der Waals surface area contributed by atoms with E-state index in [4.69, 9.17) is 0 Å². The molecule has 1 aromatic rings. The van der Waals surface area contributed by atoms with Gasteiger partial charge < -0.3 is 24.6 Å². The molecule has 164 valence electrons. The third-order valence-electron chi connectivity index (χ3n) is 4.92. The van der Waals surface area contributed by atoms with Crippen LogP contribution in [0.25, 0.3) is 6.08 Å². The van der Waals surface area contributed by atoms with Crippen molar-refractivity contribution in [3.8, 4) is 0 Å². The average Bonchev–Trinajstić information content (AvgIpc) is 2.99. The van der Waals surface area contributed by atoms with Gasteiger partial charge in [0, 0.05) is 13.5 Å². The lowest BCUT2D eigenvalue weighted by Crippen LogP contribution is -2.22. The fourth-order valence-corrected chi connectivity index (χ4v) is 3.01. The summed E-state index contributed by atoms with van der Waals surface area (Å²) in [6.45, 7) is 3.99. The molecule has 3 atom stereocenters. The molecule has 3 N–H and O–H groups in total. The molecule has 0 fully saturated rings. The van der Waals surface area contributed by atoms with E-state index >= 15 is 0 Å². The summed E-state index contributed by atoms with van der Waals surface area (Å²) < 4.78 is 6.42. The standard InChI is InChI=1S/C22H36N2O5/c1-5-6-8-12-20(27)22-17(23-16(2)24(22)3)14-15-19(26)18(25)11-9-7-10-13-21(28)29-4/h7,9,14-15,18-20,25-27H,5-6,8,10-13H2,1-4H3/b9-7-,15-14+/t18-,19+,20-/m0/s1. The molecule has 1 rings (SSSR count). The first kappa shape index (κ1) is 25.1. The first-order chi connectivity index (χ1) is 13.8. The fourth-order valence-electron chi connectivity index (χ4n) is 3.01. The molecule has 0 radical (unpaired) electrons. The van der Waals surface area contributed by atoms with Crippen LogP contribution in [0.3, 0.4) is 0 Å². The number of aromatic nitrogens is 2. The number of rotatable bonds is 13. The highest BCUT2D eigenvalue weighted by atomic mass is 16.5. The fraction of sp³-hybridized carbons (Fsp3) is 0.636. The molecule has 0 saturated carbocycles. The number of unbranched alkanes of at least 4 members (excludes halogenated alkanes) is 2. The minimum absolute atomic E-state index is 0.264. The van der Waals surface area contributed by atoms with Gasteiger partial charge >= 0.3 is 5.97 Å². The molecule has 0 aliphatic heterocycles. The molecule has 0 saturated heterocycles. The molecule has 0 aromatic carbocycles. The molecule has 0 bridgehead atoms. The van der Waals surface area contributed by atoms with E-state index in [0.29, 0.717) is 18.5 Å². The van der Waals surface area contributed by atoms with Crippen LogP contribution < -0.4 is 0 Å². The topological polar surface area (TPSA) is 105 Å². The maximum atomic E-state index is 11.0. The van der Waals surface area contributed by atoms with Gasteiger partial charge in [-0.05, 0) is 32.3 Å². The summed E-state index contributed by atoms with van der Waals surface area (Å²) in [4.78, 5) is 15.5. The number of aliphatic hydroxyl groups is 3. The van der Waals surface area contributed by atoms with Gasteiger partial charge in [-0.15, -0.1) is 0 Å². The number of methoxy groups -OCH3 is 1. The Bertz CT molecular complexity index is 681. The van der Waals surface area contributed by atoms with Crippen molar-refractivity contribution in [3.63, 3.8) is 0 Å². The number of aryl methyl sites for hydroxylation is 1. The molecule has 7 heteroatoms. The van der Waals surface area contributed by atoms with Gasteiger partial charge in [0.15, 0.2) is 0 Å². The minimum Gasteiger partial charge on any atom is -0.469 e. The van der Waals surface area contributed by atoms with Gasteiger partial charge in [0.1, 0.15) is 5.82 Å². The number of carbonyl (C=O) groups is 1. The van der Waals surface area contributed by atoms with Crippen molar-refractivity contribution in [2.45, 2.75) is 77.1 Å².